The van der Waals surface area contributed by atoms with E-state index >= 15 is 0 Å². The number of piperazine rings is 1. The monoisotopic (exact) mass is 607 g/mol. The minimum absolute atomic E-state index is 0.0839. The number of nitrogens with zero attached hydrogens (tertiary/aromatic N) is 2. The molecule has 0 aromatic heterocycles. The number of halogens is 6. The number of carboxylic acid groups (broad SMARTS) is 2. The number of anilines is 1. The largest absolute Gasteiger partial charge is 0.508 e. The average Bonchev–Trinajstić information content (AvgIpc) is 3.16. The third-order valence-electron chi connectivity index (χ3n) is 7.56. The number of rotatable bonds is 2. The van der Waals surface area contributed by atoms with Crippen LogP contribution in [-0.2, 0) is 15.0 Å². The Labute approximate surface area is 237 Å². The molecule has 5 N–H and O–H groups in total. The van der Waals surface area contributed by atoms with Gasteiger partial charge in [0.25, 0.3) is 0 Å². The summed E-state index contributed by atoms with van der Waals surface area (Å²) in [6.07, 6.45) is -8.50. The van der Waals surface area contributed by atoms with Crippen LogP contribution in [0.4, 0.5) is 32.0 Å². The second-order valence-corrected chi connectivity index (χ2v) is 10.0. The summed E-state index contributed by atoms with van der Waals surface area (Å²) in [5.41, 5.74) is 3.66. The first-order valence-electron chi connectivity index (χ1n) is 12.9. The maximum absolute atomic E-state index is 11.5. The molecule has 2 fully saturated rings. The maximum atomic E-state index is 11.5. The van der Waals surface area contributed by atoms with Crippen molar-refractivity contribution in [2.24, 2.45) is 0 Å². The van der Waals surface area contributed by atoms with E-state index in [1.807, 2.05) is 12.1 Å². The highest BCUT2D eigenvalue weighted by molar-refractivity contribution is 5.73. The van der Waals surface area contributed by atoms with Crippen LogP contribution in [0.15, 0.2) is 48.5 Å². The molecule has 2 aromatic rings. The van der Waals surface area contributed by atoms with Crippen LogP contribution in [0.5, 0.6) is 5.75 Å². The van der Waals surface area contributed by atoms with Crippen molar-refractivity contribution in [2.75, 3.05) is 44.2 Å². The molecule has 1 aliphatic carbocycles. The van der Waals surface area contributed by atoms with E-state index in [9.17, 15) is 36.6 Å². The zero-order valence-electron chi connectivity index (χ0n) is 22.2. The van der Waals surface area contributed by atoms with E-state index < -0.39 is 24.3 Å². The molecule has 2 heterocycles. The lowest BCUT2D eigenvalue weighted by Gasteiger charge is -2.43. The van der Waals surface area contributed by atoms with Crippen LogP contribution >= 0.6 is 0 Å². The lowest BCUT2D eigenvalue weighted by atomic mass is 9.72. The average molecular weight is 608 g/mol. The Hall–Kier alpha value is -3.56. The number of hydrogen-bond acceptors (Lipinski definition) is 7. The standard InChI is InChI=1S/C23H29N3O2.2C2HF3O2/c27-18-5-3-4-17(16-18)25-12-14-26(15-13-25)21-19-6-1-2-7-20(19)23(22(21)28)8-10-24-11-9-23;2*3-2(4,5)1(6)7/h1-7,16,21-22,24,27-28H,8-15H2;2*(H,6,7)/t21-,22+;;/m1../s1. The molecular formula is C27H31F6N3O6. The summed E-state index contributed by atoms with van der Waals surface area (Å²) in [4.78, 5) is 22.6. The Morgan fingerprint density at radius 3 is 1.86 bits per heavy atom. The number of piperidine rings is 1. The molecular weight excluding hydrogens is 576 g/mol. The van der Waals surface area contributed by atoms with Gasteiger partial charge in [-0.05, 0) is 49.2 Å². The molecule has 1 spiro atoms. The number of phenols is 1. The van der Waals surface area contributed by atoms with Crippen molar-refractivity contribution in [3.8, 4) is 5.75 Å². The second kappa shape index (κ2) is 13.2. The van der Waals surface area contributed by atoms with Gasteiger partial charge in [-0.3, -0.25) is 4.90 Å². The Balaban J connectivity index is 0.000000289. The van der Waals surface area contributed by atoms with E-state index in [0.717, 1.165) is 57.8 Å². The quantitative estimate of drug-likeness (QED) is 0.325. The van der Waals surface area contributed by atoms with Crippen molar-refractivity contribution in [3.63, 3.8) is 0 Å². The summed E-state index contributed by atoms with van der Waals surface area (Å²) in [5, 5.41) is 39.0. The third-order valence-corrected chi connectivity index (χ3v) is 7.56. The summed E-state index contributed by atoms with van der Waals surface area (Å²) in [7, 11) is 0. The molecule has 0 unspecified atom stereocenters. The minimum atomic E-state index is -5.08. The van der Waals surface area contributed by atoms with Gasteiger partial charge in [-0.25, -0.2) is 9.59 Å². The van der Waals surface area contributed by atoms with Crippen molar-refractivity contribution in [2.45, 2.75) is 42.8 Å². The Morgan fingerprint density at radius 2 is 1.36 bits per heavy atom. The zero-order chi connectivity index (χ0) is 31.3. The molecule has 5 rings (SSSR count). The molecule has 0 saturated carbocycles. The second-order valence-electron chi connectivity index (χ2n) is 10.0. The highest BCUT2D eigenvalue weighted by Gasteiger charge is 2.53. The van der Waals surface area contributed by atoms with E-state index in [2.05, 4.69) is 45.4 Å². The molecule has 0 amide bonds. The first-order valence-corrected chi connectivity index (χ1v) is 12.9. The van der Waals surface area contributed by atoms with E-state index in [1.165, 1.54) is 11.1 Å². The first kappa shape index (κ1) is 32.9. The third kappa shape index (κ3) is 7.63. The number of carbonyl (C=O) groups is 2. The lowest BCUT2D eigenvalue weighted by Crippen LogP contribution is -2.52. The number of aromatic hydroxyl groups is 1. The predicted octanol–water partition coefficient (Wildman–Crippen LogP) is 3.52. The molecule has 232 valence electrons. The zero-order valence-corrected chi connectivity index (χ0v) is 22.2. The molecule has 15 heteroatoms. The Bertz CT molecular complexity index is 1200. The van der Waals surface area contributed by atoms with Crippen molar-refractivity contribution in [3.05, 3.63) is 59.7 Å². The number of aliphatic carboxylic acids is 2. The summed E-state index contributed by atoms with van der Waals surface area (Å²) >= 11 is 0. The molecule has 2 saturated heterocycles. The van der Waals surface area contributed by atoms with Gasteiger partial charge in [-0.2, -0.15) is 26.3 Å². The van der Waals surface area contributed by atoms with Crippen LogP contribution in [-0.4, -0.2) is 95.0 Å². The van der Waals surface area contributed by atoms with Crippen LogP contribution in [0.2, 0.25) is 0 Å². The van der Waals surface area contributed by atoms with Crippen LogP contribution in [0.1, 0.15) is 30.0 Å². The number of alkyl halides is 6. The fraction of sp³-hybridized carbons (Fsp3) is 0.481. The van der Waals surface area contributed by atoms with Gasteiger partial charge in [0.1, 0.15) is 5.75 Å². The summed E-state index contributed by atoms with van der Waals surface area (Å²) in [6.45, 7) is 5.60. The highest BCUT2D eigenvalue weighted by Crippen LogP contribution is 2.52. The number of aliphatic hydroxyl groups is 1. The smallest absolute Gasteiger partial charge is 0.490 e. The fourth-order valence-electron chi connectivity index (χ4n) is 5.62. The lowest BCUT2D eigenvalue weighted by molar-refractivity contribution is -0.193. The van der Waals surface area contributed by atoms with E-state index in [-0.39, 0.29) is 17.6 Å². The number of aliphatic hydroxyl groups excluding tert-OH is 1. The fourth-order valence-corrected chi connectivity index (χ4v) is 5.62. The predicted molar refractivity (Wildman–Crippen MR) is 138 cm³/mol. The van der Waals surface area contributed by atoms with Gasteiger partial charge in [0.2, 0.25) is 0 Å². The van der Waals surface area contributed by atoms with Crippen molar-refractivity contribution < 1.29 is 56.4 Å². The van der Waals surface area contributed by atoms with E-state index in [1.54, 1.807) is 6.07 Å². The maximum Gasteiger partial charge on any atom is 0.490 e. The van der Waals surface area contributed by atoms with Gasteiger partial charge in [0.05, 0.1) is 12.1 Å². The number of fused-ring (bicyclic) bond motifs is 2. The molecule has 0 radical (unpaired) electrons. The Morgan fingerprint density at radius 1 is 0.833 bits per heavy atom. The SMILES string of the molecule is O=C(O)C(F)(F)F.O=C(O)C(F)(F)F.Oc1cccc(N2CCN([C@@H]3c4ccccc4C4(CCNCC4)[C@H]3O)CC2)c1. The highest BCUT2D eigenvalue weighted by atomic mass is 19.4. The molecule has 0 bridgehead atoms. The molecule has 2 aliphatic heterocycles. The van der Waals surface area contributed by atoms with Gasteiger partial charge in [0.15, 0.2) is 0 Å². The van der Waals surface area contributed by atoms with Gasteiger partial charge >= 0.3 is 24.3 Å². The number of nitrogens with one attached hydrogen (secondary N) is 1. The molecule has 9 nitrogen and oxygen atoms in total. The van der Waals surface area contributed by atoms with Crippen molar-refractivity contribution >= 4 is 17.6 Å². The number of benzene rings is 2. The molecule has 42 heavy (non-hydrogen) atoms. The molecule has 3 aliphatic rings. The number of carboxylic acids is 2. The van der Waals surface area contributed by atoms with Crippen LogP contribution in [0.25, 0.3) is 0 Å². The van der Waals surface area contributed by atoms with Crippen LogP contribution in [0, 0.1) is 0 Å². The van der Waals surface area contributed by atoms with Gasteiger partial charge in [-0.1, -0.05) is 30.3 Å². The van der Waals surface area contributed by atoms with Crippen molar-refractivity contribution in [1.29, 1.82) is 0 Å². The normalized spacial score (nSPS) is 21.8. The van der Waals surface area contributed by atoms with Crippen LogP contribution < -0.4 is 10.2 Å². The number of phenolic OH excluding ortho intramolecular Hbond substituents is 1. The summed E-state index contributed by atoms with van der Waals surface area (Å²) in [5.74, 6) is -5.20. The van der Waals surface area contributed by atoms with Gasteiger partial charge in [-0.15, -0.1) is 0 Å². The first-order chi connectivity index (χ1) is 19.6. The topological polar surface area (TPSA) is 134 Å². The minimum Gasteiger partial charge on any atom is -0.508 e. The van der Waals surface area contributed by atoms with Gasteiger partial charge in [0, 0.05) is 43.3 Å². The van der Waals surface area contributed by atoms with Crippen molar-refractivity contribution in [1.82, 2.24) is 10.2 Å². The van der Waals surface area contributed by atoms with Crippen LogP contribution in [0.3, 0.4) is 0 Å². The molecule has 2 atom stereocenters. The molecule has 2 aromatic carbocycles. The summed E-state index contributed by atoms with van der Waals surface area (Å²) in [6, 6.07) is 16.3. The van der Waals surface area contributed by atoms with Gasteiger partial charge < -0.3 is 30.6 Å². The Kier molecular flexibility index (Phi) is 10.3. The van der Waals surface area contributed by atoms with E-state index in [4.69, 9.17) is 19.8 Å². The van der Waals surface area contributed by atoms with E-state index in [0.29, 0.717) is 5.75 Å². The number of hydrogen-bond donors (Lipinski definition) is 5. The summed E-state index contributed by atoms with van der Waals surface area (Å²) < 4.78 is 63.5.